The van der Waals surface area contributed by atoms with Crippen LogP contribution in [0.5, 0.6) is 0 Å². The van der Waals surface area contributed by atoms with Gasteiger partial charge in [-0.1, -0.05) is 59.8 Å². The Bertz CT molecular complexity index is 990. The monoisotopic (exact) mass is 385 g/mol. The van der Waals surface area contributed by atoms with E-state index in [9.17, 15) is 9.59 Å². The van der Waals surface area contributed by atoms with Crippen LogP contribution in [0.25, 0.3) is 11.3 Å². The van der Waals surface area contributed by atoms with Crippen molar-refractivity contribution in [2.24, 2.45) is 0 Å². The Balaban J connectivity index is 1.85. The van der Waals surface area contributed by atoms with Crippen LogP contribution in [0.1, 0.15) is 0 Å². The van der Waals surface area contributed by atoms with Gasteiger partial charge in [0.2, 0.25) is 5.91 Å². The highest BCUT2D eigenvalue weighted by Gasteiger charge is 2.13. The van der Waals surface area contributed by atoms with Gasteiger partial charge >= 0.3 is 0 Å². The van der Waals surface area contributed by atoms with E-state index in [4.69, 9.17) is 11.6 Å². The number of nitrogens with one attached hydrogen (secondary N) is 1. The van der Waals surface area contributed by atoms with Crippen molar-refractivity contribution in [2.75, 3.05) is 11.6 Å². The number of carbonyl (C=O) groups excluding carboxylic acids is 1. The lowest BCUT2D eigenvalue weighted by Crippen LogP contribution is -2.29. The Labute approximate surface area is 160 Å². The number of halogens is 1. The van der Waals surface area contributed by atoms with Gasteiger partial charge < -0.3 is 5.32 Å². The SMILES string of the molecule is CSc1nc(-c2ccccc2)cc(=O)n1CC(=O)Nc1cccc(Cl)c1. The number of nitrogens with zero attached hydrogens (tertiary/aromatic N) is 2. The fourth-order valence-electron chi connectivity index (χ4n) is 2.45. The van der Waals surface area contributed by atoms with Crippen LogP contribution in [0.4, 0.5) is 5.69 Å². The predicted octanol–water partition coefficient (Wildman–Crippen LogP) is 3.92. The summed E-state index contributed by atoms with van der Waals surface area (Å²) in [5.41, 5.74) is 1.75. The highest BCUT2D eigenvalue weighted by atomic mass is 35.5. The molecule has 0 saturated heterocycles. The number of benzene rings is 2. The van der Waals surface area contributed by atoms with Crippen molar-refractivity contribution in [3.63, 3.8) is 0 Å². The van der Waals surface area contributed by atoms with E-state index in [-0.39, 0.29) is 18.0 Å². The van der Waals surface area contributed by atoms with Crippen molar-refractivity contribution in [2.45, 2.75) is 11.7 Å². The molecule has 0 spiro atoms. The van der Waals surface area contributed by atoms with Crippen LogP contribution >= 0.6 is 23.4 Å². The molecule has 0 unspecified atom stereocenters. The molecular formula is C19H16ClN3O2S. The van der Waals surface area contributed by atoms with Crippen LogP contribution in [0.2, 0.25) is 5.02 Å². The zero-order chi connectivity index (χ0) is 18.5. The van der Waals surface area contributed by atoms with Crippen LogP contribution in [-0.4, -0.2) is 21.7 Å². The number of hydrogen-bond acceptors (Lipinski definition) is 4. The van der Waals surface area contributed by atoms with E-state index in [1.807, 2.05) is 36.6 Å². The van der Waals surface area contributed by atoms with Crippen LogP contribution in [-0.2, 0) is 11.3 Å². The molecule has 3 aromatic rings. The molecule has 0 atom stereocenters. The summed E-state index contributed by atoms with van der Waals surface area (Å²) in [5, 5.41) is 3.75. The van der Waals surface area contributed by atoms with Gasteiger partial charge in [-0.3, -0.25) is 14.2 Å². The van der Waals surface area contributed by atoms with Gasteiger partial charge in [0.05, 0.1) is 5.69 Å². The Morgan fingerprint density at radius 3 is 2.62 bits per heavy atom. The number of amides is 1. The van der Waals surface area contributed by atoms with Crippen molar-refractivity contribution in [1.29, 1.82) is 0 Å². The molecular weight excluding hydrogens is 370 g/mol. The number of hydrogen-bond donors (Lipinski definition) is 1. The molecule has 0 aliphatic heterocycles. The summed E-state index contributed by atoms with van der Waals surface area (Å²) in [7, 11) is 0. The normalized spacial score (nSPS) is 10.5. The first-order chi connectivity index (χ1) is 12.6. The van der Waals surface area contributed by atoms with Crippen LogP contribution in [0.3, 0.4) is 0 Å². The van der Waals surface area contributed by atoms with E-state index >= 15 is 0 Å². The molecule has 0 bridgehead atoms. The quantitative estimate of drug-likeness (QED) is 0.534. The Morgan fingerprint density at radius 2 is 1.92 bits per heavy atom. The first kappa shape index (κ1) is 18.2. The Morgan fingerprint density at radius 1 is 1.15 bits per heavy atom. The number of rotatable bonds is 5. The van der Waals surface area contributed by atoms with Gasteiger partial charge in [-0.15, -0.1) is 0 Å². The lowest BCUT2D eigenvalue weighted by molar-refractivity contribution is -0.116. The standard InChI is InChI=1S/C19H16ClN3O2S/c1-26-19-22-16(13-6-3-2-4-7-13)11-18(25)23(19)12-17(24)21-15-9-5-8-14(20)10-15/h2-11H,12H2,1H3,(H,21,24). The lowest BCUT2D eigenvalue weighted by atomic mass is 10.1. The highest BCUT2D eigenvalue weighted by molar-refractivity contribution is 7.98. The fraction of sp³-hybridized carbons (Fsp3) is 0.105. The molecule has 26 heavy (non-hydrogen) atoms. The largest absolute Gasteiger partial charge is 0.324 e. The number of thioether (sulfide) groups is 1. The van der Waals surface area contributed by atoms with Gasteiger partial charge in [-0.25, -0.2) is 4.98 Å². The third-order valence-corrected chi connectivity index (χ3v) is 4.55. The molecule has 0 aliphatic rings. The van der Waals surface area contributed by atoms with E-state index in [1.54, 1.807) is 24.3 Å². The average molecular weight is 386 g/mol. The topological polar surface area (TPSA) is 64.0 Å². The minimum Gasteiger partial charge on any atom is -0.324 e. The van der Waals surface area contributed by atoms with Crippen molar-refractivity contribution in [3.8, 4) is 11.3 Å². The van der Waals surface area contributed by atoms with E-state index in [0.29, 0.717) is 21.6 Å². The maximum Gasteiger partial charge on any atom is 0.255 e. The number of aromatic nitrogens is 2. The van der Waals surface area contributed by atoms with E-state index in [1.165, 1.54) is 22.4 Å². The molecule has 1 N–H and O–H groups in total. The summed E-state index contributed by atoms with van der Waals surface area (Å²) in [6, 6.07) is 17.8. The molecule has 5 nitrogen and oxygen atoms in total. The minimum atomic E-state index is -0.320. The first-order valence-corrected chi connectivity index (χ1v) is 9.44. The van der Waals surface area contributed by atoms with Gasteiger partial charge in [0.15, 0.2) is 5.16 Å². The smallest absolute Gasteiger partial charge is 0.255 e. The molecule has 0 radical (unpaired) electrons. The van der Waals surface area contributed by atoms with Gasteiger partial charge in [0.25, 0.3) is 5.56 Å². The summed E-state index contributed by atoms with van der Waals surface area (Å²) in [5.74, 6) is -0.320. The van der Waals surface area contributed by atoms with Crippen LogP contribution < -0.4 is 10.9 Å². The van der Waals surface area contributed by atoms with Gasteiger partial charge in [-0.05, 0) is 24.5 Å². The van der Waals surface area contributed by atoms with Crippen LogP contribution in [0.15, 0.2) is 70.6 Å². The van der Waals surface area contributed by atoms with Gasteiger partial charge in [0.1, 0.15) is 6.54 Å². The molecule has 3 rings (SSSR count). The van der Waals surface area contributed by atoms with E-state index in [0.717, 1.165) is 5.56 Å². The number of anilines is 1. The summed E-state index contributed by atoms with van der Waals surface area (Å²) >= 11 is 7.24. The fourth-order valence-corrected chi connectivity index (χ4v) is 3.21. The first-order valence-electron chi connectivity index (χ1n) is 7.83. The average Bonchev–Trinajstić information content (AvgIpc) is 2.64. The van der Waals surface area contributed by atoms with Gasteiger partial charge in [-0.2, -0.15) is 0 Å². The Kier molecular flexibility index (Phi) is 5.75. The lowest BCUT2D eigenvalue weighted by Gasteiger charge is -2.12. The van der Waals surface area contributed by atoms with Crippen molar-refractivity contribution >= 4 is 35.0 Å². The molecule has 1 aromatic heterocycles. The summed E-state index contributed by atoms with van der Waals surface area (Å²) in [6.45, 7) is -0.121. The number of carbonyl (C=O) groups is 1. The van der Waals surface area contributed by atoms with Crippen molar-refractivity contribution in [1.82, 2.24) is 9.55 Å². The van der Waals surface area contributed by atoms with E-state index < -0.39 is 0 Å². The molecule has 132 valence electrons. The van der Waals surface area contributed by atoms with E-state index in [2.05, 4.69) is 10.3 Å². The predicted molar refractivity (Wildman–Crippen MR) is 106 cm³/mol. The molecule has 0 aliphatic carbocycles. The van der Waals surface area contributed by atoms with Crippen LogP contribution in [0, 0.1) is 0 Å². The van der Waals surface area contributed by atoms with Crippen molar-refractivity contribution in [3.05, 3.63) is 76.0 Å². The Hall–Kier alpha value is -2.57. The summed E-state index contributed by atoms with van der Waals surface area (Å²) in [4.78, 5) is 29.4. The second-order valence-electron chi connectivity index (χ2n) is 5.48. The second kappa shape index (κ2) is 8.21. The zero-order valence-electron chi connectivity index (χ0n) is 14.0. The third kappa shape index (κ3) is 4.33. The molecule has 7 heteroatoms. The maximum absolute atomic E-state index is 12.5. The second-order valence-corrected chi connectivity index (χ2v) is 6.69. The molecule has 1 heterocycles. The minimum absolute atomic E-state index is 0.121. The molecule has 2 aromatic carbocycles. The maximum atomic E-state index is 12.5. The van der Waals surface area contributed by atoms with Crippen molar-refractivity contribution < 1.29 is 4.79 Å². The zero-order valence-corrected chi connectivity index (χ0v) is 15.6. The third-order valence-electron chi connectivity index (χ3n) is 3.64. The summed E-state index contributed by atoms with van der Waals surface area (Å²) < 4.78 is 1.36. The molecule has 0 saturated carbocycles. The summed E-state index contributed by atoms with van der Waals surface area (Å²) in [6.07, 6.45) is 1.82. The highest BCUT2D eigenvalue weighted by Crippen LogP contribution is 2.19. The van der Waals surface area contributed by atoms with Gasteiger partial charge in [0, 0.05) is 22.3 Å². The molecule has 1 amide bonds. The molecule has 0 fully saturated rings.